The molecular formula is C10H9FN2O3S. The van der Waals surface area contributed by atoms with E-state index in [1.54, 1.807) is 6.92 Å². The van der Waals surface area contributed by atoms with Gasteiger partial charge in [0.15, 0.2) is 9.84 Å². The molecule has 0 spiro atoms. The van der Waals surface area contributed by atoms with E-state index >= 15 is 0 Å². The van der Waals surface area contributed by atoms with Gasteiger partial charge in [0.25, 0.3) is 0 Å². The summed E-state index contributed by atoms with van der Waals surface area (Å²) in [5.74, 6) is -0.557. The third-order valence-electron chi connectivity index (χ3n) is 2.05. The molecule has 7 heteroatoms. The summed E-state index contributed by atoms with van der Waals surface area (Å²) in [5, 5.41) is 7.14. The third kappa shape index (κ3) is 2.68. The molecule has 0 aliphatic carbocycles. The number of benzene rings is 1. The summed E-state index contributed by atoms with van der Waals surface area (Å²) in [5.41, 5.74) is 0. The molecule has 17 heavy (non-hydrogen) atoms. The van der Waals surface area contributed by atoms with Crippen molar-refractivity contribution in [1.82, 2.24) is 10.2 Å². The fraction of sp³-hybridized carbons (Fsp3) is 0.200. The molecule has 90 valence electrons. The maximum atomic E-state index is 12.7. The first kappa shape index (κ1) is 11.7. The third-order valence-corrected chi connectivity index (χ3v) is 3.67. The van der Waals surface area contributed by atoms with Crippen LogP contribution in [0.4, 0.5) is 4.39 Å². The summed E-state index contributed by atoms with van der Waals surface area (Å²) in [6.45, 7) is 1.57. The van der Waals surface area contributed by atoms with Crippen molar-refractivity contribution in [2.24, 2.45) is 0 Å². The molecule has 0 amide bonds. The minimum atomic E-state index is -3.58. The summed E-state index contributed by atoms with van der Waals surface area (Å²) >= 11 is 0. The van der Waals surface area contributed by atoms with Gasteiger partial charge in [0.1, 0.15) is 11.6 Å². The Morgan fingerprint density at radius 1 is 1.24 bits per heavy atom. The maximum absolute atomic E-state index is 12.7. The van der Waals surface area contributed by atoms with Gasteiger partial charge < -0.3 is 4.42 Å². The zero-order chi connectivity index (χ0) is 12.5. The molecule has 1 aromatic carbocycles. The average molecular weight is 256 g/mol. The molecule has 2 rings (SSSR count). The van der Waals surface area contributed by atoms with Gasteiger partial charge in [0, 0.05) is 6.92 Å². The summed E-state index contributed by atoms with van der Waals surface area (Å²) in [6, 6.07) is 4.58. The lowest BCUT2D eigenvalue weighted by atomic mass is 10.4. The monoisotopic (exact) mass is 256 g/mol. The van der Waals surface area contributed by atoms with Crippen LogP contribution in [0, 0.1) is 12.7 Å². The molecule has 0 aliphatic heterocycles. The first-order valence-corrected chi connectivity index (χ1v) is 6.40. The van der Waals surface area contributed by atoms with Gasteiger partial charge in [-0.15, -0.1) is 10.2 Å². The molecule has 0 saturated heterocycles. The number of sulfone groups is 1. The Morgan fingerprint density at radius 3 is 2.41 bits per heavy atom. The van der Waals surface area contributed by atoms with E-state index in [2.05, 4.69) is 10.2 Å². The summed E-state index contributed by atoms with van der Waals surface area (Å²) in [7, 11) is -3.58. The van der Waals surface area contributed by atoms with Crippen molar-refractivity contribution in [3.05, 3.63) is 41.9 Å². The van der Waals surface area contributed by atoms with E-state index in [1.165, 1.54) is 12.1 Å². The summed E-state index contributed by atoms with van der Waals surface area (Å²) < 4.78 is 41.4. The van der Waals surface area contributed by atoms with Gasteiger partial charge in [0.05, 0.1) is 4.90 Å². The van der Waals surface area contributed by atoms with Crippen LogP contribution in [0.15, 0.2) is 33.6 Å². The molecule has 2 aromatic rings. The van der Waals surface area contributed by atoms with Crippen LogP contribution in [-0.4, -0.2) is 18.6 Å². The molecule has 0 N–H and O–H groups in total. The SMILES string of the molecule is Cc1nnc(CS(=O)(=O)c2ccc(F)cc2)o1. The Bertz CT molecular complexity index is 619. The summed E-state index contributed by atoms with van der Waals surface area (Å²) in [6.07, 6.45) is 0. The van der Waals surface area contributed by atoms with Gasteiger partial charge in [0.2, 0.25) is 11.8 Å². The van der Waals surface area contributed by atoms with Crippen LogP contribution in [0.1, 0.15) is 11.8 Å². The molecule has 0 fully saturated rings. The first-order chi connectivity index (χ1) is 7.97. The topological polar surface area (TPSA) is 73.1 Å². The molecule has 0 saturated carbocycles. The second-order valence-electron chi connectivity index (χ2n) is 3.43. The van der Waals surface area contributed by atoms with E-state index in [0.29, 0.717) is 5.89 Å². The molecule has 0 atom stereocenters. The highest BCUT2D eigenvalue weighted by Gasteiger charge is 2.18. The predicted octanol–water partition coefficient (Wildman–Crippen LogP) is 1.49. The highest BCUT2D eigenvalue weighted by molar-refractivity contribution is 7.90. The number of hydrogen-bond acceptors (Lipinski definition) is 5. The van der Waals surface area contributed by atoms with Gasteiger partial charge in [-0.3, -0.25) is 0 Å². The fourth-order valence-corrected chi connectivity index (χ4v) is 2.44. The fourth-order valence-electron chi connectivity index (χ4n) is 1.28. The smallest absolute Gasteiger partial charge is 0.231 e. The normalized spacial score (nSPS) is 11.6. The lowest BCUT2D eigenvalue weighted by Crippen LogP contribution is -2.05. The van der Waals surface area contributed by atoms with Crippen LogP contribution in [0.3, 0.4) is 0 Å². The van der Waals surface area contributed by atoms with Crippen LogP contribution in [0.25, 0.3) is 0 Å². The van der Waals surface area contributed by atoms with E-state index in [-0.39, 0.29) is 16.5 Å². The molecule has 0 bridgehead atoms. The Morgan fingerprint density at radius 2 is 1.88 bits per heavy atom. The van der Waals surface area contributed by atoms with E-state index < -0.39 is 15.7 Å². The van der Waals surface area contributed by atoms with Crippen molar-refractivity contribution in [3.8, 4) is 0 Å². The Kier molecular flexibility index (Phi) is 2.93. The zero-order valence-electron chi connectivity index (χ0n) is 8.92. The van der Waals surface area contributed by atoms with Gasteiger partial charge in [-0.2, -0.15) is 0 Å². The molecule has 0 unspecified atom stereocenters. The lowest BCUT2D eigenvalue weighted by molar-refractivity contribution is 0.480. The van der Waals surface area contributed by atoms with Crippen LogP contribution >= 0.6 is 0 Å². The van der Waals surface area contributed by atoms with E-state index in [0.717, 1.165) is 12.1 Å². The molecular weight excluding hydrogens is 247 g/mol. The summed E-state index contributed by atoms with van der Waals surface area (Å²) in [4.78, 5) is 0.0229. The average Bonchev–Trinajstić information content (AvgIpc) is 2.63. The predicted molar refractivity (Wildman–Crippen MR) is 56.3 cm³/mol. The lowest BCUT2D eigenvalue weighted by Gasteiger charge is -2.00. The molecule has 0 aliphatic rings. The van der Waals surface area contributed by atoms with Crippen molar-refractivity contribution in [2.45, 2.75) is 17.6 Å². The van der Waals surface area contributed by atoms with Gasteiger partial charge in [-0.05, 0) is 24.3 Å². The molecule has 1 heterocycles. The van der Waals surface area contributed by atoms with Crippen molar-refractivity contribution in [2.75, 3.05) is 0 Å². The van der Waals surface area contributed by atoms with Gasteiger partial charge >= 0.3 is 0 Å². The van der Waals surface area contributed by atoms with Crippen LogP contribution < -0.4 is 0 Å². The minimum Gasteiger partial charge on any atom is -0.424 e. The van der Waals surface area contributed by atoms with Crippen molar-refractivity contribution in [3.63, 3.8) is 0 Å². The highest BCUT2D eigenvalue weighted by Crippen LogP contribution is 2.16. The largest absolute Gasteiger partial charge is 0.424 e. The van der Waals surface area contributed by atoms with Crippen molar-refractivity contribution < 1.29 is 17.2 Å². The first-order valence-electron chi connectivity index (χ1n) is 4.75. The Balaban J connectivity index is 2.28. The van der Waals surface area contributed by atoms with E-state index in [4.69, 9.17) is 4.42 Å². The minimum absolute atomic E-state index is 0.0202. The van der Waals surface area contributed by atoms with Gasteiger partial charge in [-0.25, -0.2) is 12.8 Å². The van der Waals surface area contributed by atoms with Gasteiger partial charge in [-0.1, -0.05) is 0 Å². The van der Waals surface area contributed by atoms with Crippen LogP contribution in [0.5, 0.6) is 0 Å². The number of rotatable bonds is 3. The standard InChI is InChI=1S/C10H9FN2O3S/c1-7-12-13-10(16-7)6-17(14,15)9-4-2-8(11)3-5-9/h2-5H,6H2,1H3. The Hall–Kier alpha value is -1.76. The second kappa shape index (κ2) is 4.25. The van der Waals surface area contributed by atoms with Crippen molar-refractivity contribution >= 4 is 9.84 Å². The quantitative estimate of drug-likeness (QED) is 0.778. The number of halogens is 1. The maximum Gasteiger partial charge on any atom is 0.231 e. The molecule has 1 aromatic heterocycles. The van der Waals surface area contributed by atoms with E-state index in [1.807, 2.05) is 0 Å². The molecule has 0 radical (unpaired) electrons. The zero-order valence-corrected chi connectivity index (χ0v) is 9.74. The Labute approximate surface area is 97.2 Å². The van der Waals surface area contributed by atoms with Crippen LogP contribution in [0.2, 0.25) is 0 Å². The van der Waals surface area contributed by atoms with E-state index in [9.17, 15) is 12.8 Å². The number of aryl methyl sites for hydroxylation is 1. The molecule has 5 nitrogen and oxygen atoms in total. The van der Waals surface area contributed by atoms with Crippen molar-refractivity contribution in [1.29, 1.82) is 0 Å². The number of hydrogen-bond donors (Lipinski definition) is 0. The number of aromatic nitrogens is 2. The number of nitrogens with zero attached hydrogens (tertiary/aromatic N) is 2. The second-order valence-corrected chi connectivity index (χ2v) is 5.42. The highest BCUT2D eigenvalue weighted by atomic mass is 32.2. The van der Waals surface area contributed by atoms with Crippen LogP contribution in [-0.2, 0) is 15.6 Å².